The Balaban J connectivity index is 1.19. The zero-order chi connectivity index (χ0) is 18.5. The van der Waals surface area contributed by atoms with Gasteiger partial charge >= 0.3 is 0 Å². The Kier molecular flexibility index (Phi) is 5.63. The topological polar surface area (TPSA) is 49.3 Å². The van der Waals surface area contributed by atoms with Gasteiger partial charge < -0.3 is 9.80 Å². The van der Waals surface area contributed by atoms with E-state index in [0.717, 1.165) is 56.8 Å². The van der Waals surface area contributed by atoms with E-state index in [9.17, 15) is 4.79 Å². The molecule has 2 aromatic heterocycles. The molecule has 0 bridgehead atoms. The standard InChI is InChI=1S/C21H24N4OS/c26-21(25-15-13-24(14-16-25)19-9-5-6-12-22-19)11-4-3-10-20-23-17-7-1-2-8-18(17)27-20/h1-2,5-9,12H,3-4,10-11,13-16H2. The maximum Gasteiger partial charge on any atom is 0.222 e. The van der Waals surface area contributed by atoms with Crippen LogP contribution in [0.3, 0.4) is 0 Å². The minimum atomic E-state index is 0.278. The molecule has 1 saturated heterocycles. The lowest BCUT2D eigenvalue weighted by Gasteiger charge is -2.35. The molecule has 1 aromatic carbocycles. The van der Waals surface area contributed by atoms with E-state index in [1.807, 2.05) is 35.4 Å². The molecule has 140 valence electrons. The number of unbranched alkanes of at least 4 members (excludes halogenated alkanes) is 1. The summed E-state index contributed by atoms with van der Waals surface area (Å²) < 4.78 is 1.24. The SMILES string of the molecule is O=C(CCCCc1nc2ccccc2s1)N1CCN(c2ccccn2)CC1. The summed E-state index contributed by atoms with van der Waals surface area (Å²) >= 11 is 1.76. The van der Waals surface area contributed by atoms with Gasteiger partial charge in [0.2, 0.25) is 5.91 Å². The van der Waals surface area contributed by atoms with E-state index in [0.29, 0.717) is 6.42 Å². The number of benzene rings is 1. The number of fused-ring (bicyclic) bond motifs is 1. The number of thiazole rings is 1. The molecule has 4 rings (SSSR count). The van der Waals surface area contributed by atoms with Crippen molar-refractivity contribution in [2.75, 3.05) is 31.1 Å². The Hall–Kier alpha value is -2.47. The number of amides is 1. The maximum absolute atomic E-state index is 12.5. The van der Waals surface area contributed by atoms with Gasteiger partial charge in [-0.1, -0.05) is 18.2 Å². The van der Waals surface area contributed by atoms with E-state index in [1.165, 1.54) is 9.71 Å². The summed E-state index contributed by atoms with van der Waals surface area (Å²) in [5, 5.41) is 1.17. The van der Waals surface area contributed by atoms with Crippen LogP contribution in [-0.4, -0.2) is 47.0 Å². The summed E-state index contributed by atoms with van der Waals surface area (Å²) in [6.45, 7) is 3.28. The molecule has 0 atom stereocenters. The van der Waals surface area contributed by atoms with Gasteiger partial charge in [-0.25, -0.2) is 9.97 Å². The monoisotopic (exact) mass is 380 g/mol. The molecule has 1 fully saturated rings. The molecule has 1 aliphatic heterocycles. The fourth-order valence-corrected chi connectivity index (χ4v) is 4.47. The number of carbonyl (C=O) groups is 1. The van der Waals surface area contributed by atoms with Crippen LogP contribution in [0.15, 0.2) is 48.7 Å². The van der Waals surface area contributed by atoms with Crippen LogP contribution >= 0.6 is 11.3 Å². The van der Waals surface area contributed by atoms with Crippen LogP contribution < -0.4 is 4.90 Å². The predicted octanol–water partition coefficient (Wildman–Crippen LogP) is 3.75. The first-order chi connectivity index (χ1) is 13.3. The number of pyridine rings is 1. The molecule has 0 saturated carbocycles. The van der Waals surface area contributed by atoms with E-state index < -0.39 is 0 Å². The van der Waals surface area contributed by atoms with Gasteiger partial charge in [-0.05, 0) is 43.5 Å². The van der Waals surface area contributed by atoms with E-state index in [1.54, 1.807) is 11.3 Å². The molecule has 0 aliphatic carbocycles. The van der Waals surface area contributed by atoms with Crippen LogP contribution in [0.2, 0.25) is 0 Å². The van der Waals surface area contributed by atoms with E-state index >= 15 is 0 Å². The number of piperazine rings is 1. The Bertz CT molecular complexity index is 854. The summed E-state index contributed by atoms with van der Waals surface area (Å²) in [4.78, 5) is 25.8. The Morgan fingerprint density at radius 3 is 2.59 bits per heavy atom. The molecule has 0 unspecified atom stereocenters. The lowest BCUT2D eigenvalue weighted by Crippen LogP contribution is -2.49. The second kappa shape index (κ2) is 8.48. The number of nitrogens with zero attached hydrogens (tertiary/aromatic N) is 4. The van der Waals surface area contributed by atoms with Crippen molar-refractivity contribution in [2.45, 2.75) is 25.7 Å². The van der Waals surface area contributed by atoms with Gasteiger partial charge in [0.15, 0.2) is 0 Å². The van der Waals surface area contributed by atoms with Gasteiger partial charge in [0, 0.05) is 38.8 Å². The quantitative estimate of drug-likeness (QED) is 0.611. The number of para-hydroxylation sites is 1. The molecule has 0 N–H and O–H groups in total. The lowest BCUT2D eigenvalue weighted by atomic mass is 10.1. The maximum atomic E-state index is 12.5. The lowest BCUT2D eigenvalue weighted by molar-refractivity contribution is -0.131. The zero-order valence-corrected chi connectivity index (χ0v) is 16.2. The van der Waals surface area contributed by atoms with Crippen molar-refractivity contribution in [1.82, 2.24) is 14.9 Å². The van der Waals surface area contributed by atoms with Gasteiger partial charge in [0.25, 0.3) is 0 Å². The molecule has 1 aliphatic rings. The number of anilines is 1. The number of carbonyl (C=O) groups excluding carboxylic acids is 1. The molecule has 0 radical (unpaired) electrons. The third-order valence-corrected chi connectivity index (χ3v) is 6.07. The molecule has 3 heterocycles. The van der Waals surface area contributed by atoms with Gasteiger partial charge in [0.1, 0.15) is 5.82 Å². The highest BCUT2D eigenvalue weighted by molar-refractivity contribution is 7.18. The van der Waals surface area contributed by atoms with E-state index in [-0.39, 0.29) is 5.91 Å². The number of aromatic nitrogens is 2. The van der Waals surface area contributed by atoms with Crippen molar-refractivity contribution >= 4 is 33.3 Å². The second-order valence-corrected chi connectivity index (χ2v) is 7.95. The fourth-order valence-electron chi connectivity index (χ4n) is 3.46. The number of hydrogen-bond donors (Lipinski definition) is 0. The first kappa shape index (κ1) is 17.9. The summed E-state index contributed by atoms with van der Waals surface area (Å²) in [5.41, 5.74) is 1.08. The molecule has 0 spiro atoms. The van der Waals surface area contributed by atoms with Crippen molar-refractivity contribution < 1.29 is 4.79 Å². The zero-order valence-electron chi connectivity index (χ0n) is 15.4. The summed E-state index contributed by atoms with van der Waals surface area (Å²) in [7, 11) is 0. The highest BCUT2D eigenvalue weighted by Gasteiger charge is 2.21. The number of aryl methyl sites for hydroxylation is 1. The largest absolute Gasteiger partial charge is 0.353 e. The van der Waals surface area contributed by atoms with Gasteiger partial charge in [-0.3, -0.25) is 4.79 Å². The molecule has 1 amide bonds. The van der Waals surface area contributed by atoms with Gasteiger partial charge in [-0.15, -0.1) is 11.3 Å². The van der Waals surface area contributed by atoms with Crippen LogP contribution in [0, 0.1) is 0 Å². The Morgan fingerprint density at radius 1 is 1.00 bits per heavy atom. The molecular weight excluding hydrogens is 356 g/mol. The van der Waals surface area contributed by atoms with Crippen molar-refractivity contribution in [3.05, 3.63) is 53.7 Å². The molecule has 27 heavy (non-hydrogen) atoms. The Morgan fingerprint density at radius 2 is 1.81 bits per heavy atom. The van der Waals surface area contributed by atoms with Crippen LogP contribution in [-0.2, 0) is 11.2 Å². The first-order valence-electron chi connectivity index (χ1n) is 9.58. The minimum Gasteiger partial charge on any atom is -0.353 e. The first-order valence-corrected chi connectivity index (χ1v) is 10.4. The van der Waals surface area contributed by atoms with Crippen molar-refractivity contribution in [1.29, 1.82) is 0 Å². The fraction of sp³-hybridized carbons (Fsp3) is 0.381. The highest BCUT2D eigenvalue weighted by Crippen LogP contribution is 2.23. The molecule has 6 heteroatoms. The highest BCUT2D eigenvalue weighted by atomic mass is 32.1. The average Bonchev–Trinajstić information content (AvgIpc) is 3.15. The van der Waals surface area contributed by atoms with Crippen molar-refractivity contribution in [3.63, 3.8) is 0 Å². The third-order valence-electron chi connectivity index (χ3n) is 4.98. The van der Waals surface area contributed by atoms with Crippen LogP contribution in [0.5, 0.6) is 0 Å². The van der Waals surface area contributed by atoms with Crippen molar-refractivity contribution in [3.8, 4) is 0 Å². The van der Waals surface area contributed by atoms with Gasteiger partial charge in [-0.2, -0.15) is 0 Å². The van der Waals surface area contributed by atoms with Crippen LogP contribution in [0.4, 0.5) is 5.82 Å². The smallest absolute Gasteiger partial charge is 0.222 e. The molecule has 5 nitrogen and oxygen atoms in total. The van der Waals surface area contributed by atoms with E-state index in [4.69, 9.17) is 0 Å². The van der Waals surface area contributed by atoms with Crippen LogP contribution in [0.25, 0.3) is 10.2 Å². The van der Waals surface area contributed by atoms with Crippen molar-refractivity contribution in [2.24, 2.45) is 0 Å². The summed E-state index contributed by atoms with van der Waals surface area (Å²) in [6, 6.07) is 14.2. The average molecular weight is 381 g/mol. The summed E-state index contributed by atoms with van der Waals surface area (Å²) in [5.74, 6) is 1.28. The minimum absolute atomic E-state index is 0.278. The predicted molar refractivity (Wildman–Crippen MR) is 110 cm³/mol. The Labute approximate surface area is 163 Å². The second-order valence-electron chi connectivity index (χ2n) is 6.84. The molecule has 3 aromatic rings. The van der Waals surface area contributed by atoms with Crippen LogP contribution in [0.1, 0.15) is 24.3 Å². The normalized spacial score (nSPS) is 14.7. The third kappa shape index (κ3) is 4.45. The van der Waals surface area contributed by atoms with Gasteiger partial charge in [0.05, 0.1) is 15.2 Å². The number of rotatable bonds is 6. The number of hydrogen-bond acceptors (Lipinski definition) is 5. The molecular formula is C21H24N4OS. The van der Waals surface area contributed by atoms with E-state index in [2.05, 4.69) is 33.1 Å². The summed E-state index contributed by atoms with van der Waals surface area (Å²) in [6.07, 6.45) is 5.35.